The van der Waals surface area contributed by atoms with Crippen LogP contribution in [0.2, 0.25) is 0 Å². The maximum atomic E-state index is 5.85. The average molecular weight is 315 g/mol. The Bertz CT molecular complexity index is 394. The summed E-state index contributed by atoms with van der Waals surface area (Å²) in [6, 6.07) is 6.65. The van der Waals surface area contributed by atoms with Gasteiger partial charge in [-0.05, 0) is 65.6 Å². The predicted octanol–water partition coefficient (Wildman–Crippen LogP) is 3.45. The van der Waals surface area contributed by atoms with Crippen LogP contribution in [0, 0.1) is 0 Å². The molecule has 0 aliphatic carbocycles. The van der Waals surface area contributed by atoms with E-state index in [0.29, 0.717) is 0 Å². The molecule has 0 saturated carbocycles. The highest BCUT2D eigenvalue weighted by atomic mass is 35.5. The van der Waals surface area contributed by atoms with Gasteiger partial charge in [0.1, 0.15) is 5.75 Å². The van der Waals surface area contributed by atoms with Gasteiger partial charge < -0.3 is 14.5 Å². The Morgan fingerprint density at radius 2 is 1.76 bits per heavy atom. The van der Waals surface area contributed by atoms with Gasteiger partial charge in [-0.2, -0.15) is 0 Å². The largest absolute Gasteiger partial charge is 0.493 e. The molecule has 1 aromatic carbocycles. The molecule has 0 amide bonds. The van der Waals surface area contributed by atoms with Crippen molar-refractivity contribution in [1.82, 2.24) is 9.80 Å². The van der Waals surface area contributed by atoms with Crippen molar-refractivity contribution in [2.75, 3.05) is 41.3 Å². The van der Waals surface area contributed by atoms with Crippen LogP contribution in [-0.4, -0.2) is 51.1 Å². The number of nitrogens with zero attached hydrogens (tertiary/aromatic N) is 2. The third-order valence-corrected chi connectivity index (χ3v) is 3.14. The number of hydrogen-bond donors (Lipinski definition) is 0. The van der Waals surface area contributed by atoms with Gasteiger partial charge in [0.2, 0.25) is 0 Å². The van der Waals surface area contributed by atoms with Gasteiger partial charge in [0.25, 0.3) is 0 Å². The lowest BCUT2D eigenvalue weighted by atomic mass is 10.0. The van der Waals surface area contributed by atoms with Crippen LogP contribution in [0.25, 0.3) is 0 Å². The molecule has 122 valence electrons. The lowest BCUT2D eigenvalue weighted by molar-refractivity contribution is 0.306. The molecule has 0 bridgehead atoms. The maximum absolute atomic E-state index is 5.85. The Labute approximate surface area is 136 Å². The second-order valence-corrected chi connectivity index (χ2v) is 5.94. The molecular formula is C17H31ClN2O. The zero-order chi connectivity index (χ0) is 15.0. The first-order valence-corrected chi connectivity index (χ1v) is 7.57. The van der Waals surface area contributed by atoms with E-state index in [0.717, 1.165) is 38.3 Å². The van der Waals surface area contributed by atoms with E-state index in [1.807, 2.05) is 0 Å². The first-order chi connectivity index (χ1) is 9.52. The zero-order valence-corrected chi connectivity index (χ0v) is 15.0. The number of ether oxygens (including phenoxy) is 1. The minimum Gasteiger partial charge on any atom is -0.493 e. The lowest BCUT2D eigenvalue weighted by Gasteiger charge is -2.16. The van der Waals surface area contributed by atoms with Gasteiger partial charge in [-0.3, -0.25) is 0 Å². The van der Waals surface area contributed by atoms with Gasteiger partial charge in [-0.15, -0.1) is 12.4 Å². The highest BCUT2D eigenvalue weighted by Crippen LogP contribution is 2.22. The number of halogens is 1. The minimum atomic E-state index is 0. The zero-order valence-electron chi connectivity index (χ0n) is 14.2. The van der Waals surface area contributed by atoms with Crippen molar-refractivity contribution in [1.29, 1.82) is 0 Å². The van der Waals surface area contributed by atoms with Crippen LogP contribution in [0.15, 0.2) is 18.2 Å². The molecule has 0 aliphatic heterocycles. The summed E-state index contributed by atoms with van der Waals surface area (Å²) in [5.41, 5.74) is 2.71. The van der Waals surface area contributed by atoms with Gasteiger partial charge in [0.15, 0.2) is 0 Å². The SMILES string of the molecule is CCCOc1ccc(CCCN(C)C)cc1CN(C)C.Cl. The summed E-state index contributed by atoms with van der Waals surface area (Å²) in [7, 11) is 8.45. The van der Waals surface area contributed by atoms with Crippen molar-refractivity contribution in [2.45, 2.75) is 32.7 Å². The Kier molecular flexibility index (Phi) is 10.5. The molecule has 0 atom stereocenters. The molecule has 0 saturated heterocycles. The molecule has 0 radical (unpaired) electrons. The molecular weight excluding hydrogens is 284 g/mol. The van der Waals surface area contributed by atoms with Crippen LogP contribution in [0.4, 0.5) is 0 Å². The quantitative estimate of drug-likeness (QED) is 0.694. The smallest absolute Gasteiger partial charge is 0.123 e. The Hall–Kier alpha value is -0.770. The minimum absolute atomic E-state index is 0. The van der Waals surface area contributed by atoms with Crippen LogP contribution in [0.1, 0.15) is 30.9 Å². The molecule has 0 N–H and O–H groups in total. The monoisotopic (exact) mass is 314 g/mol. The highest BCUT2D eigenvalue weighted by Gasteiger charge is 2.07. The van der Waals surface area contributed by atoms with E-state index in [-0.39, 0.29) is 12.4 Å². The van der Waals surface area contributed by atoms with E-state index < -0.39 is 0 Å². The van der Waals surface area contributed by atoms with Gasteiger partial charge in [-0.25, -0.2) is 0 Å². The summed E-state index contributed by atoms with van der Waals surface area (Å²) in [5, 5.41) is 0. The molecule has 0 unspecified atom stereocenters. The lowest BCUT2D eigenvalue weighted by Crippen LogP contribution is -2.14. The number of hydrogen-bond acceptors (Lipinski definition) is 3. The second-order valence-electron chi connectivity index (χ2n) is 5.94. The molecule has 0 fully saturated rings. The van der Waals surface area contributed by atoms with Crippen LogP contribution in [0.3, 0.4) is 0 Å². The third-order valence-electron chi connectivity index (χ3n) is 3.14. The molecule has 3 nitrogen and oxygen atoms in total. The van der Waals surface area contributed by atoms with E-state index >= 15 is 0 Å². The molecule has 0 spiro atoms. The number of benzene rings is 1. The van der Waals surface area contributed by atoms with E-state index in [1.54, 1.807) is 0 Å². The first kappa shape index (κ1) is 20.2. The molecule has 0 aromatic heterocycles. The Morgan fingerprint density at radius 3 is 2.33 bits per heavy atom. The van der Waals surface area contributed by atoms with Crippen LogP contribution in [-0.2, 0) is 13.0 Å². The number of rotatable bonds is 9. The van der Waals surface area contributed by atoms with Crippen LogP contribution >= 0.6 is 12.4 Å². The molecule has 21 heavy (non-hydrogen) atoms. The molecule has 1 aromatic rings. The summed E-state index contributed by atoms with van der Waals surface area (Å²) in [5.74, 6) is 1.04. The van der Waals surface area contributed by atoms with E-state index in [2.05, 4.69) is 63.1 Å². The van der Waals surface area contributed by atoms with Crippen LogP contribution < -0.4 is 4.74 Å². The van der Waals surface area contributed by atoms with Gasteiger partial charge >= 0.3 is 0 Å². The molecule has 1 rings (SSSR count). The predicted molar refractivity (Wildman–Crippen MR) is 93.7 cm³/mol. The Balaban J connectivity index is 0.00000400. The van der Waals surface area contributed by atoms with Crippen molar-refractivity contribution < 1.29 is 4.74 Å². The van der Waals surface area contributed by atoms with Gasteiger partial charge in [0.05, 0.1) is 6.61 Å². The van der Waals surface area contributed by atoms with E-state index in [9.17, 15) is 0 Å². The summed E-state index contributed by atoms with van der Waals surface area (Å²) < 4.78 is 5.85. The Morgan fingerprint density at radius 1 is 1.05 bits per heavy atom. The van der Waals surface area contributed by atoms with Gasteiger partial charge in [0, 0.05) is 12.1 Å². The van der Waals surface area contributed by atoms with Gasteiger partial charge in [-0.1, -0.05) is 19.1 Å². The average Bonchev–Trinajstić information content (AvgIpc) is 2.36. The normalized spacial score (nSPS) is 10.8. The summed E-state index contributed by atoms with van der Waals surface area (Å²) in [4.78, 5) is 4.43. The standard InChI is InChI=1S/C17H30N2O.ClH/c1-6-12-20-17-10-9-15(8-7-11-18(2)3)13-16(17)14-19(4)5;/h9-10,13H,6-8,11-12,14H2,1-5H3;1H. The van der Waals surface area contributed by atoms with Crippen LogP contribution in [0.5, 0.6) is 5.75 Å². The summed E-state index contributed by atoms with van der Waals surface area (Å²) in [6.07, 6.45) is 3.38. The number of aryl methyl sites for hydroxylation is 1. The fourth-order valence-electron chi connectivity index (χ4n) is 2.20. The summed E-state index contributed by atoms with van der Waals surface area (Å²) in [6.45, 7) is 5.00. The topological polar surface area (TPSA) is 15.7 Å². The highest BCUT2D eigenvalue weighted by molar-refractivity contribution is 5.85. The fourth-order valence-corrected chi connectivity index (χ4v) is 2.20. The van der Waals surface area contributed by atoms with E-state index in [4.69, 9.17) is 4.74 Å². The van der Waals surface area contributed by atoms with Crippen molar-refractivity contribution in [3.63, 3.8) is 0 Å². The van der Waals surface area contributed by atoms with E-state index in [1.165, 1.54) is 17.5 Å². The van der Waals surface area contributed by atoms with Crippen molar-refractivity contribution in [3.8, 4) is 5.75 Å². The maximum Gasteiger partial charge on any atom is 0.123 e. The second kappa shape index (κ2) is 10.9. The molecule has 4 heteroatoms. The molecule has 0 aliphatic rings. The first-order valence-electron chi connectivity index (χ1n) is 7.57. The summed E-state index contributed by atoms with van der Waals surface area (Å²) >= 11 is 0. The van der Waals surface area contributed by atoms with Crippen molar-refractivity contribution in [2.24, 2.45) is 0 Å². The molecule has 0 heterocycles. The van der Waals surface area contributed by atoms with Crippen molar-refractivity contribution in [3.05, 3.63) is 29.3 Å². The third kappa shape index (κ3) is 8.30. The fraction of sp³-hybridized carbons (Fsp3) is 0.647. The van der Waals surface area contributed by atoms with Crippen molar-refractivity contribution >= 4 is 12.4 Å².